The number of benzene rings is 3. The van der Waals surface area contributed by atoms with E-state index in [4.69, 9.17) is 27.5 Å². The second-order valence-electron chi connectivity index (χ2n) is 7.67. The van der Waals surface area contributed by atoms with E-state index < -0.39 is 10.4 Å². The number of rotatable bonds is 10. The fourth-order valence-corrected chi connectivity index (χ4v) is 3.15. The van der Waals surface area contributed by atoms with Crippen LogP contribution in [0.15, 0.2) is 87.2 Å². The van der Waals surface area contributed by atoms with Gasteiger partial charge < -0.3 is 16.6 Å². The Kier molecular flexibility index (Phi) is 15.1. The van der Waals surface area contributed by atoms with Crippen LogP contribution in [0.1, 0.15) is 18.9 Å². The minimum absolute atomic E-state index is 0. The van der Waals surface area contributed by atoms with Crippen molar-refractivity contribution in [2.75, 3.05) is 24.6 Å². The quantitative estimate of drug-likeness (QED) is 0.163. The fourth-order valence-electron chi connectivity index (χ4n) is 3.15. The summed E-state index contributed by atoms with van der Waals surface area (Å²) in [5.74, 6) is 0.756. The van der Waals surface area contributed by atoms with E-state index in [2.05, 4.69) is 45.3 Å². The van der Waals surface area contributed by atoms with Crippen molar-refractivity contribution in [1.29, 1.82) is 5.26 Å². The van der Waals surface area contributed by atoms with Crippen molar-refractivity contribution in [2.45, 2.75) is 20.3 Å². The van der Waals surface area contributed by atoms with Gasteiger partial charge in [0.2, 0.25) is 0 Å². The van der Waals surface area contributed by atoms with Crippen LogP contribution in [0.5, 0.6) is 5.75 Å². The molecule has 39 heavy (non-hydrogen) atoms. The van der Waals surface area contributed by atoms with E-state index in [-0.39, 0.29) is 29.6 Å². The van der Waals surface area contributed by atoms with E-state index in [1.807, 2.05) is 73.7 Å². The van der Waals surface area contributed by atoms with E-state index in [1.54, 1.807) is 0 Å². The molecule has 0 amide bonds. The van der Waals surface area contributed by atoms with Crippen LogP contribution in [0.3, 0.4) is 0 Å². The third kappa shape index (κ3) is 13.4. The molecule has 0 saturated heterocycles. The molecule has 3 aromatic carbocycles. The zero-order valence-corrected chi connectivity index (χ0v) is 24.9. The molecule has 11 nitrogen and oxygen atoms in total. The maximum Gasteiger partial charge on any atom is 1.00 e. The van der Waals surface area contributed by atoms with Gasteiger partial charge in [0.1, 0.15) is 5.75 Å². The number of nitrogens with zero attached hydrogens (tertiary/aromatic N) is 6. The van der Waals surface area contributed by atoms with Crippen LogP contribution in [-0.2, 0) is 10.4 Å². The van der Waals surface area contributed by atoms with Gasteiger partial charge in [0.15, 0.2) is 0 Å². The number of ether oxygens (including phenoxy) is 1. The standard InChI is InChI=1S/C26H27N6O.Na.H2O4S/c1-4-32(18-6-17-27)24-12-7-21(8-13-24)28-30-23-11-16-26(20(3)19-23)31-29-22-9-14-25(15-10-22)33-5-2;;1-5(2,3)4/h7-16,19H,2,4-6,18H2,1,3H3;;(H2,1,2,3,4)/q-1;+1;. The minimum atomic E-state index is -4.67. The van der Waals surface area contributed by atoms with Crippen LogP contribution in [-0.4, -0.2) is 37.2 Å². The molecule has 13 heteroatoms. The van der Waals surface area contributed by atoms with Crippen molar-refractivity contribution in [3.8, 4) is 11.8 Å². The van der Waals surface area contributed by atoms with Crippen molar-refractivity contribution < 1.29 is 51.8 Å². The van der Waals surface area contributed by atoms with E-state index in [1.165, 1.54) is 0 Å². The molecule has 0 heterocycles. The number of hydrogen-bond donors (Lipinski definition) is 2. The predicted octanol–water partition coefficient (Wildman–Crippen LogP) is 4.13. The molecule has 0 bridgehead atoms. The van der Waals surface area contributed by atoms with Gasteiger partial charge in [0.05, 0.1) is 35.2 Å². The molecule has 0 radical (unpaired) electrons. The molecule has 200 valence electrons. The monoisotopic (exact) mass is 560 g/mol. The van der Waals surface area contributed by atoms with Crippen LogP contribution >= 0.6 is 0 Å². The van der Waals surface area contributed by atoms with Crippen molar-refractivity contribution in [1.82, 2.24) is 0 Å². The van der Waals surface area contributed by atoms with E-state index >= 15 is 0 Å². The molecule has 0 aliphatic rings. The number of nitriles is 1. The van der Waals surface area contributed by atoms with Gasteiger partial charge in [-0.05, 0) is 92.7 Å². The smallest absolute Gasteiger partial charge is 0.525 e. The number of hydrogen-bond acceptors (Lipinski definition) is 9. The van der Waals surface area contributed by atoms with Gasteiger partial charge in [-0.3, -0.25) is 9.11 Å². The summed E-state index contributed by atoms with van der Waals surface area (Å²) in [5, 5.41) is 26.1. The Bertz CT molecular complexity index is 1370. The number of azo groups is 2. The first kappa shape index (κ1) is 33.8. The molecule has 0 aromatic heterocycles. The van der Waals surface area contributed by atoms with Crippen LogP contribution in [0, 0.1) is 25.2 Å². The first-order valence-electron chi connectivity index (χ1n) is 11.5. The van der Waals surface area contributed by atoms with E-state index in [9.17, 15) is 0 Å². The van der Waals surface area contributed by atoms with Gasteiger partial charge in [-0.25, -0.2) is 0 Å². The number of aryl methyl sites for hydroxylation is 1. The molecule has 0 atom stereocenters. The Morgan fingerprint density at radius 3 is 1.95 bits per heavy atom. The molecule has 0 spiro atoms. The Morgan fingerprint density at radius 1 is 0.923 bits per heavy atom. The van der Waals surface area contributed by atoms with E-state index in [0.29, 0.717) is 19.6 Å². The topological polar surface area (TPSA) is 160 Å². The van der Waals surface area contributed by atoms with Crippen LogP contribution in [0.2, 0.25) is 0 Å². The molecular formula is C26H29N6NaO5S. The normalized spacial score (nSPS) is 10.9. The van der Waals surface area contributed by atoms with Gasteiger partial charge in [-0.1, -0.05) is 0 Å². The summed E-state index contributed by atoms with van der Waals surface area (Å²) in [6, 6.07) is 23.1. The van der Waals surface area contributed by atoms with Crippen molar-refractivity contribution >= 4 is 38.8 Å². The van der Waals surface area contributed by atoms with Gasteiger partial charge >= 0.3 is 40.0 Å². The maximum atomic E-state index is 8.80. The number of anilines is 1. The molecule has 0 aliphatic heterocycles. The third-order valence-corrected chi connectivity index (χ3v) is 4.93. The molecule has 0 aliphatic carbocycles. The molecule has 0 unspecified atom stereocenters. The first-order valence-corrected chi connectivity index (χ1v) is 12.9. The zero-order valence-electron chi connectivity index (χ0n) is 22.1. The second kappa shape index (κ2) is 17.4. The maximum absolute atomic E-state index is 8.80. The van der Waals surface area contributed by atoms with Gasteiger partial charge in [-0.2, -0.15) is 34.1 Å². The first-order chi connectivity index (χ1) is 18.1. The summed E-state index contributed by atoms with van der Waals surface area (Å²) in [6.45, 7) is 9.65. The average Bonchev–Trinajstić information content (AvgIpc) is 2.88. The Morgan fingerprint density at radius 2 is 1.44 bits per heavy atom. The van der Waals surface area contributed by atoms with Gasteiger partial charge in [-0.15, -0.1) is 0 Å². The third-order valence-electron chi connectivity index (χ3n) is 4.93. The molecule has 2 N–H and O–H groups in total. The van der Waals surface area contributed by atoms with Gasteiger partial charge in [0.25, 0.3) is 0 Å². The summed E-state index contributed by atoms with van der Waals surface area (Å²) >= 11 is 0. The molecule has 0 saturated carbocycles. The van der Waals surface area contributed by atoms with Gasteiger partial charge in [0, 0.05) is 18.8 Å². The summed E-state index contributed by atoms with van der Waals surface area (Å²) in [7, 11) is -4.67. The minimum Gasteiger partial charge on any atom is -0.525 e. The fraction of sp³-hybridized carbons (Fsp3) is 0.231. The summed E-state index contributed by atoms with van der Waals surface area (Å²) in [5.41, 5.74) is 5.05. The van der Waals surface area contributed by atoms with Crippen LogP contribution in [0.25, 0.3) is 0 Å². The molecule has 3 aromatic rings. The Labute approximate surface area is 251 Å². The van der Waals surface area contributed by atoms with Crippen molar-refractivity contribution in [3.05, 3.63) is 79.2 Å². The van der Waals surface area contributed by atoms with Crippen LogP contribution < -0.4 is 39.2 Å². The second-order valence-corrected chi connectivity index (χ2v) is 8.56. The Balaban J connectivity index is 0.00000116. The largest absolute Gasteiger partial charge is 1.00 e. The van der Waals surface area contributed by atoms with Crippen LogP contribution in [0.4, 0.5) is 28.4 Å². The summed E-state index contributed by atoms with van der Waals surface area (Å²) in [6.07, 6.45) is 0.502. The summed E-state index contributed by atoms with van der Waals surface area (Å²) < 4.78 is 36.9. The average molecular weight is 561 g/mol. The van der Waals surface area contributed by atoms with Crippen molar-refractivity contribution in [2.24, 2.45) is 20.5 Å². The Hall–Kier alpha value is -3.18. The predicted molar refractivity (Wildman–Crippen MR) is 146 cm³/mol. The molecule has 0 fully saturated rings. The SMILES string of the molecule is O=S(=O)(O)O.[CH2-]COc1ccc(N=Nc2ccc(N=Nc3ccc(N(CC)CCC#N)cc3)cc2C)cc1.[Na+]. The van der Waals surface area contributed by atoms with E-state index in [0.717, 1.165) is 46.3 Å². The summed E-state index contributed by atoms with van der Waals surface area (Å²) in [4.78, 5) is 2.16. The zero-order chi connectivity index (χ0) is 28.0. The molecule has 3 rings (SSSR count). The molecular weight excluding hydrogens is 531 g/mol. The van der Waals surface area contributed by atoms with Crippen molar-refractivity contribution in [3.63, 3.8) is 0 Å².